The van der Waals surface area contributed by atoms with E-state index in [0.29, 0.717) is 41.1 Å². The molecule has 0 aromatic heterocycles. The van der Waals surface area contributed by atoms with Crippen molar-refractivity contribution < 1.29 is 28.2 Å². The molecule has 5 rings (SSSR count). The van der Waals surface area contributed by atoms with Crippen molar-refractivity contribution in [2.45, 2.75) is 5.66 Å². The minimum atomic E-state index is -1.15. The summed E-state index contributed by atoms with van der Waals surface area (Å²) in [7, 11) is 1.28. The van der Waals surface area contributed by atoms with Crippen molar-refractivity contribution in [1.29, 1.82) is 0 Å². The highest BCUT2D eigenvalue weighted by Crippen LogP contribution is 2.50. The molecule has 0 spiro atoms. The summed E-state index contributed by atoms with van der Waals surface area (Å²) in [5.41, 5.74) is 1.11. The Hall–Kier alpha value is -4.20. The summed E-state index contributed by atoms with van der Waals surface area (Å²) in [5.74, 6) is -0.951. The van der Waals surface area contributed by atoms with Crippen LogP contribution >= 0.6 is 0 Å². The van der Waals surface area contributed by atoms with Gasteiger partial charge in [0.15, 0.2) is 12.3 Å². The topological polar surface area (TPSA) is 76.2 Å². The Labute approximate surface area is 195 Å². The van der Waals surface area contributed by atoms with Crippen LogP contribution in [-0.2, 0) is 15.2 Å². The fraction of sp³-hybridized carbons (Fsp3) is 0.192. The molecule has 1 unspecified atom stereocenters. The zero-order valence-corrected chi connectivity index (χ0v) is 18.4. The van der Waals surface area contributed by atoms with Crippen molar-refractivity contribution in [3.05, 3.63) is 101 Å². The average Bonchev–Trinajstić information content (AvgIpc) is 3.38. The number of methoxy groups -OCH3 is 1. The molecule has 2 amide bonds. The summed E-state index contributed by atoms with van der Waals surface area (Å²) >= 11 is 0. The molecular formula is C26H21FN2O5. The predicted octanol–water partition coefficient (Wildman–Crippen LogP) is 3.19. The smallest absolute Gasteiger partial charge is 0.343 e. The first-order valence-corrected chi connectivity index (χ1v) is 10.8. The molecule has 3 aromatic rings. The van der Waals surface area contributed by atoms with E-state index in [2.05, 4.69) is 4.74 Å². The van der Waals surface area contributed by atoms with Crippen LogP contribution in [0.4, 0.5) is 4.39 Å². The molecule has 1 saturated heterocycles. The standard InChI is InChI=1S/C26H21FN2O5/c1-33-23(30)16-34-20-12-8-18(9-13-20)26-22-5-3-2-4-21(22)25(32)29(26)15-14-28(26)24(31)17-6-10-19(27)11-7-17/h2-13H,14-16H2,1H3. The van der Waals surface area contributed by atoms with E-state index in [0.717, 1.165) is 0 Å². The van der Waals surface area contributed by atoms with E-state index in [9.17, 15) is 18.8 Å². The summed E-state index contributed by atoms with van der Waals surface area (Å²) in [5, 5.41) is 0. The number of hydrogen-bond donors (Lipinski definition) is 0. The second-order valence-electron chi connectivity index (χ2n) is 8.03. The number of benzene rings is 3. The normalized spacial score (nSPS) is 18.5. The lowest BCUT2D eigenvalue weighted by Gasteiger charge is -2.40. The Morgan fingerprint density at radius 3 is 2.38 bits per heavy atom. The number of halogens is 1. The Balaban J connectivity index is 1.61. The Kier molecular flexibility index (Phi) is 5.28. The molecule has 0 N–H and O–H groups in total. The summed E-state index contributed by atoms with van der Waals surface area (Å²) in [6.07, 6.45) is 0. The maximum absolute atomic E-state index is 13.7. The van der Waals surface area contributed by atoms with Gasteiger partial charge in [0.2, 0.25) is 0 Å². The highest BCUT2D eigenvalue weighted by Gasteiger charge is 2.59. The van der Waals surface area contributed by atoms with Gasteiger partial charge in [0.1, 0.15) is 11.6 Å². The number of esters is 1. The Morgan fingerprint density at radius 1 is 0.971 bits per heavy atom. The van der Waals surface area contributed by atoms with Gasteiger partial charge < -0.3 is 19.3 Å². The number of nitrogens with zero attached hydrogens (tertiary/aromatic N) is 2. The summed E-state index contributed by atoms with van der Waals surface area (Å²) < 4.78 is 23.5. The van der Waals surface area contributed by atoms with Gasteiger partial charge in [-0.05, 0) is 42.5 Å². The van der Waals surface area contributed by atoms with Crippen LogP contribution in [0.5, 0.6) is 5.75 Å². The highest BCUT2D eigenvalue weighted by molar-refractivity contribution is 6.03. The molecule has 0 saturated carbocycles. The molecule has 0 bridgehead atoms. The molecule has 7 nitrogen and oxygen atoms in total. The Bertz CT molecular complexity index is 1280. The van der Waals surface area contributed by atoms with E-state index in [1.165, 1.54) is 31.4 Å². The molecular weight excluding hydrogens is 439 g/mol. The molecule has 2 aliphatic heterocycles. The number of ether oxygens (including phenoxy) is 2. The summed E-state index contributed by atoms with van der Waals surface area (Å²) in [6, 6.07) is 19.6. The van der Waals surface area contributed by atoms with Gasteiger partial charge in [0.05, 0.1) is 7.11 Å². The maximum atomic E-state index is 13.7. The SMILES string of the molecule is COC(=O)COc1ccc(C23c4ccccc4C(=O)N2CCN3C(=O)c2ccc(F)cc2)cc1. The molecule has 2 heterocycles. The number of amides is 2. The quantitative estimate of drug-likeness (QED) is 0.547. The molecule has 0 aliphatic carbocycles. The van der Waals surface area contributed by atoms with Gasteiger partial charge in [-0.15, -0.1) is 0 Å². The third-order valence-corrected chi connectivity index (χ3v) is 6.28. The van der Waals surface area contributed by atoms with Gasteiger partial charge >= 0.3 is 5.97 Å². The largest absolute Gasteiger partial charge is 0.482 e. The van der Waals surface area contributed by atoms with Crippen LogP contribution in [0.25, 0.3) is 0 Å². The van der Waals surface area contributed by atoms with E-state index in [1.807, 2.05) is 12.1 Å². The van der Waals surface area contributed by atoms with Crippen LogP contribution in [0.3, 0.4) is 0 Å². The van der Waals surface area contributed by atoms with Crippen molar-refractivity contribution in [3.8, 4) is 5.75 Å². The number of carbonyl (C=O) groups excluding carboxylic acids is 3. The number of carbonyl (C=O) groups is 3. The summed E-state index contributed by atoms with van der Waals surface area (Å²) in [6.45, 7) is 0.432. The second-order valence-corrected chi connectivity index (χ2v) is 8.03. The molecule has 2 aliphatic rings. The van der Waals surface area contributed by atoms with Gasteiger partial charge in [0.25, 0.3) is 11.8 Å². The van der Waals surface area contributed by atoms with Crippen molar-refractivity contribution in [3.63, 3.8) is 0 Å². The van der Waals surface area contributed by atoms with Crippen LogP contribution in [0.2, 0.25) is 0 Å². The molecule has 0 radical (unpaired) electrons. The van der Waals surface area contributed by atoms with Gasteiger partial charge in [-0.1, -0.05) is 30.3 Å². The zero-order valence-electron chi connectivity index (χ0n) is 18.4. The van der Waals surface area contributed by atoms with Gasteiger partial charge in [-0.3, -0.25) is 9.59 Å². The van der Waals surface area contributed by atoms with Gasteiger partial charge in [0, 0.05) is 35.3 Å². The second kappa shape index (κ2) is 8.30. The van der Waals surface area contributed by atoms with Gasteiger partial charge in [-0.2, -0.15) is 0 Å². The van der Waals surface area contributed by atoms with Gasteiger partial charge in [-0.25, -0.2) is 9.18 Å². The highest BCUT2D eigenvalue weighted by atomic mass is 19.1. The van der Waals surface area contributed by atoms with E-state index >= 15 is 0 Å². The fourth-order valence-corrected chi connectivity index (χ4v) is 4.78. The minimum Gasteiger partial charge on any atom is -0.482 e. The number of rotatable bonds is 5. The van der Waals surface area contributed by atoms with Crippen molar-refractivity contribution in [1.82, 2.24) is 9.80 Å². The zero-order chi connectivity index (χ0) is 23.9. The molecule has 1 fully saturated rings. The lowest BCUT2D eigenvalue weighted by Crippen LogP contribution is -2.51. The molecule has 3 aromatic carbocycles. The first-order valence-electron chi connectivity index (χ1n) is 10.8. The molecule has 8 heteroatoms. The van der Waals surface area contributed by atoms with Crippen LogP contribution < -0.4 is 4.74 Å². The summed E-state index contributed by atoms with van der Waals surface area (Å²) in [4.78, 5) is 41.8. The number of fused-ring (bicyclic) bond motifs is 3. The first-order chi connectivity index (χ1) is 16.5. The third kappa shape index (κ3) is 3.22. The minimum absolute atomic E-state index is 0.156. The third-order valence-electron chi connectivity index (χ3n) is 6.28. The number of hydrogen-bond acceptors (Lipinski definition) is 5. The monoisotopic (exact) mass is 460 g/mol. The molecule has 34 heavy (non-hydrogen) atoms. The molecule has 172 valence electrons. The van der Waals surface area contributed by atoms with E-state index in [1.54, 1.807) is 46.2 Å². The fourth-order valence-electron chi connectivity index (χ4n) is 4.78. The van der Waals surface area contributed by atoms with E-state index in [-0.39, 0.29) is 18.4 Å². The van der Waals surface area contributed by atoms with Crippen LogP contribution in [-0.4, -0.2) is 54.4 Å². The maximum Gasteiger partial charge on any atom is 0.343 e. The lowest BCUT2D eigenvalue weighted by molar-refractivity contribution is -0.142. The Morgan fingerprint density at radius 2 is 1.68 bits per heavy atom. The van der Waals surface area contributed by atoms with E-state index < -0.39 is 17.4 Å². The van der Waals surface area contributed by atoms with Crippen LogP contribution in [0.15, 0.2) is 72.8 Å². The van der Waals surface area contributed by atoms with E-state index in [4.69, 9.17) is 4.74 Å². The first kappa shape index (κ1) is 21.6. The predicted molar refractivity (Wildman–Crippen MR) is 120 cm³/mol. The van der Waals surface area contributed by atoms with Crippen molar-refractivity contribution in [2.24, 2.45) is 0 Å². The average molecular weight is 460 g/mol. The molecule has 1 atom stereocenters. The van der Waals surface area contributed by atoms with Crippen molar-refractivity contribution in [2.75, 3.05) is 26.8 Å². The lowest BCUT2D eigenvalue weighted by atomic mass is 9.89. The van der Waals surface area contributed by atoms with Crippen LogP contribution in [0.1, 0.15) is 31.8 Å². The van der Waals surface area contributed by atoms with Crippen molar-refractivity contribution >= 4 is 17.8 Å². The van der Waals surface area contributed by atoms with Crippen LogP contribution in [0, 0.1) is 5.82 Å².